The minimum Gasteiger partial charge on any atom is -0.489 e. The molecule has 4 rings (SSSR count). The number of carbonyl (C=O) groups excluding carboxylic acids is 2. The summed E-state index contributed by atoms with van der Waals surface area (Å²) in [6.45, 7) is 5.90. The van der Waals surface area contributed by atoms with Crippen LogP contribution in [-0.2, 0) is 9.53 Å². The van der Waals surface area contributed by atoms with E-state index in [1.807, 2.05) is 39.0 Å². The molecule has 0 bridgehead atoms. The lowest BCUT2D eigenvalue weighted by Crippen LogP contribution is -2.22. The van der Waals surface area contributed by atoms with E-state index in [1.54, 1.807) is 12.1 Å². The summed E-state index contributed by atoms with van der Waals surface area (Å²) in [5, 5.41) is 2.12. The van der Waals surface area contributed by atoms with Gasteiger partial charge in [-0.3, -0.25) is 9.59 Å². The highest BCUT2D eigenvalue weighted by Crippen LogP contribution is 2.41. The van der Waals surface area contributed by atoms with Crippen molar-refractivity contribution < 1.29 is 14.3 Å². The standard InChI is InChI=1S/C17H11ClO3.C2H6/c1-8-6-13-15(19)16(20)14-11(17(13)21-8)5-3-9-2-4-10(18)7-12(9)14;1-2/h2-5,7-8H,6H2,1H3;1-2H3. The van der Waals surface area contributed by atoms with E-state index in [-0.39, 0.29) is 6.10 Å². The van der Waals surface area contributed by atoms with Crippen molar-refractivity contribution in [2.75, 3.05) is 0 Å². The van der Waals surface area contributed by atoms with Gasteiger partial charge in [0.1, 0.15) is 11.9 Å². The van der Waals surface area contributed by atoms with Gasteiger partial charge in [-0.25, -0.2) is 0 Å². The predicted octanol–water partition coefficient (Wildman–Crippen LogP) is 4.80. The predicted molar refractivity (Wildman–Crippen MR) is 91.7 cm³/mol. The van der Waals surface area contributed by atoms with Gasteiger partial charge in [-0.1, -0.05) is 37.6 Å². The molecule has 4 heteroatoms. The molecule has 3 nitrogen and oxygen atoms in total. The van der Waals surface area contributed by atoms with Gasteiger partial charge in [-0.15, -0.1) is 0 Å². The van der Waals surface area contributed by atoms with Crippen LogP contribution in [0.5, 0.6) is 0 Å². The van der Waals surface area contributed by atoms with E-state index in [0.717, 1.165) is 5.39 Å². The molecule has 23 heavy (non-hydrogen) atoms. The number of hydrogen-bond donors (Lipinski definition) is 0. The van der Waals surface area contributed by atoms with E-state index in [2.05, 4.69) is 0 Å². The lowest BCUT2D eigenvalue weighted by atomic mass is 9.85. The summed E-state index contributed by atoms with van der Waals surface area (Å²) >= 11 is 6.04. The molecule has 1 atom stereocenters. The van der Waals surface area contributed by atoms with Gasteiger partial charge in [0, 0.05) is 28.1 Å². The van der Waals surface area contributed by atoms with Crippen LogP contribution in [0.15, 0.2) is 35.9 Å². The smallest absolute Gasteiger partial charge is 0.234 e. The van der Waals surface area contributed by atoms with Crippen LogP contribution in [0, 0.1) is 0 Å². The molecule has 0 radical (unpaired) electrons. The summed E-state index contributed by atoms with van der Waals surface area (Å²) in [5.74, 6) is -0.354. The van der Waals surface area contributed by atoms with Gasteiger partial charge in [0.15, 0.2) is 0 Å². The van der Waals surface area contributed by atoms with Crippen molar-refractivity contribution in [2.45, 2.75) is 33.3 Å². The van der Waals surface area contributed by atoms with Crippen molar-refractivity contribution in [1.29, 1.82) is 0 Å². The third-order valence-electron chi connectivity index (χ3n) is 4.02. The monoisotopic (exact) mass is 328 g/mol. The Kier molecular flexibility index (Phi) is 3.99. The van der Waals surface area contributed by atoms with Crippen molar-refractivity contribution in [1.82, 2.24) is 0 Å². The summed E-state index contributed by atoms with van der Waals surface area (Å²) in [5.41, 5.74) is 1.61. The molecule has 0 amide bonds. The first-order chi connectivity index (χ1) is 11.1. The first-order valence-corrected chi connectivity index (χ1v) is 8.15. The van der Waals surface area contributed by atoms with Gasteiger partial charge in [-0.2, -0.15) is 0 Å². The quantitative estimate of drug-likeness (QED) is 0.652. The Balaban J connectivity index is 0.000000753. The fraction of sp³-hybridized carbons (Fsp3) is 0.263. The molecule has 0 N–H and O–H groups in total. The van der Waals surface area contributed by atoms with Gasteiger partial charge in [0.25, 0.3) is 0 Å². The lowest BCUT2D eigenvalue weighted by Gasteiger charge is -2.18. The van der Waals surface area contributed by atoms with Crippen LogP contribution >= 0.6 is 11.6 Å². The van der Waals surface area contributed by atoms with Gasteiger partial charge in [0.05, 0.1) is 0 Å². The number of benzene rings is 2. The summed E-state index contributed by atoms with van der Waals surface area (Å²) in [4.78, 5) is 24.8. The number of carbonyl (C=O) groups is 2. The van der Waals surface area contributed by atoms with Crippen LogP contribution in [0.4, 0.5) is 0 Å². The number of hydrogen-bond acceptors (Lipinski definition) is 3. The number of halogens is 1. The summed E-state index contributed by atoms with van der Waals surface area (Å²) in [7, 11) is 0. The molecule has 0 saturated heterocycles. The van der Waals surface area contributed by atoms with Crippen molar-refractivity contribution >= 4 is 39.7 Å². The van der Waals surface area contributed by atoms with Crippen LogP contribution < -0.4 is 0 Å². The first-order valence-electron chi connectivity index (χ1n) is 7.77. The molecule has 1 aliphatic carbocycles. The van der Waals surface area contributed by atoms with Crippen molar-refractivity contribution in [3.05, 3.63) is 52.1 Å². The topological polar surface area (TPSA) is 43.4 Å². The molecule has 1 unspecified atom stereocenters. The number of rotatable bonds is 0. The fourth-order valence-electron chi connectivity index (χ4n) is 3.09. The van der Waals surface area contributed by atoms with Gasteiger partial charge >= 0.3 is 0 Å². The number of Topliss-reactive ketones (excluding diaryl/α,β-unsaturated/α-hetero) is 2. The largest absolute Gasteiger partial charge is 0.489 e. The molecule has 2 aliphatic rings. The van der Waals surface area contributed by atoms with Crippen molar-refractivity contribution in [3.8, 4) is 0 Å². The Hall–Kier alpha value is -2.13. The van der Waals surface area contributed by atoms with E-state index >= 15 is 0 Å². The zero-order chi connectivity index (χ0) is 16.7. The second-order valence-electron chi connectivity index (χ2n) is 5.45. The highest BCUT2D eigenvalue weighted by atomic mass is 35.5. The molecule has 0 fully saturated rings. The highest BCUT2D eigenvalue weighted by Gasteiger charge is 2.39. The molecular weight excluding hydrogens is 312 g/mol. The van der Waals surface area contributed by atoms with Crippen LogP contribution in [0.3, 0.4) is 0 Å². The average molecular weight is 329 g/mol. The zero-order valence-corrected chi connectivity index (χ0v) is 14.0. The molecule has 2 aromatic carbocycles. The molecule has 0 saturated carbocycles. The Morgan fingerprint density at radius 2 is 1.78 bits per heavy atom. The number of ether oxygens (including phenoxy) is 1. The molecule has 1 heterocycles. The van der Waals surface area contributed by atoms with Crippen LogP contribution in [0.2, 0.25) is 5.02 Å². The summed E-state index contributed by atoms with van der Waals surface area (Å²) in [6.07, 6.45) is 0.417. The maximum Gasteiger partial charge on any atom is 0.234 e. The van der Waals surface area contributed by atoms with E-state index < -0.39 is 11.6 Å². The molecule has 118 valence electrons. The molecule has 2 aromatic rings. The van der Waals surface area contributed by atoms with Gasteiger partial charge in [-0.05, 0) is 35.9 Å². The van der Waals surface area contributed by atoms with Crippen LogP contribution in [0.1, 0.15) is 43.1 Å². The van der Waals surface area contributed by atoms with E-state index in [9.17, 15) is 9.59 Å². The second-order valence-corrected chi connectivity index (χ2v) is 5.89. The average Bonchev–Trinajstić information content (AvgIpc) is 2.95. The summed E-state index contributed by atoms with van der Waals surface area (Å²) in [6, 6.07) is 9.11. The first kappa shape index (κ1) is 15.8. The normalized spacial score (nSPS) is 19.0. The third kappa shape index (κ3) is 2.36. The number of fused-ring (bicyclic) bond motifs is 4. The SMILES string of the molecule is CC.CC1CC2=C(O1)c1ccc3ccc(Cl)cc3c1C(=O)C2=O. The molecule has 0 spiro atoms. The number of ketones is 2. The minimum atomic E-state index is -0.464. The Labute approximate surface area is 139 Å². The Bertz CT molecular complexity index is 864. The Morgan fingerprint density at radius 1 is 1.09 bits per heavy atom. The lowest BCUT2D eigenvalue weighted by molar-refractivity contribution is -0.111. The van der Waals surface area contributed by atoms with Crippen molar-refractivity contribution in [2.24, 2.45) is 0 Å². The van der Waals surface area contributed by atoms with Gasteiger partial charge < -0.3 is 4.74 Å². The van der Waals surface area contributed by atoms with E-state index in [1.165, 1.54) is 0 Å². The Morgan fingerprint density at radius 3 is 2.52 bits per heavy atom. The third-order valence-corrected chi connectivity index (χ3v) is 4.26. The van der Waals surface area contributed by atoms with E-state index in [4.69, 9.17) is 16.3 Å². The molecular formula is C19H17ClO3. The maximum atomic E-state index is 12.5. The van der Waals surface area contributed by atoms with Crippen LogP contribution in [0.25, 0.3) is 16.5 Å². The summed E-state index contributed by atoms with van der Waals surface area (Å²) < 4.78 is 5.76. The highest BCUT2D eigenvalue weighted by molar-refractivity contribution is 6.54. The minimum absolute atomic E-state index is 0.0761. The van der Waals surface area contributed by atoms with Crippen molar-refractivity contribution in [3.63, 3.8) is 0 Å². The van der Waals surface area contributed by atoms with E-state index in [0.29, 0.717) is 39.3 Å². The molecule has 0 aromatic heterocycles. The van der Waals surface area contributed by atoms with Crippen LogP contribution in [-0.4, -0.2) is 17.7 Å². The zero-order valence-electron chi connectivity index (χ0n) is 13.3. The second kappa shape index (κ2) is 5.82. The van der Waals surface area contributed by atoms with Gasteiger partial charge in [0.2, 0.25) is 11.6 Å². The fourth-order valence-corrected chi connectivity index (χ4v) is 3.26. The molecule has 1 aliphatic heterocycles. The maximum absolute atomic E-state index is 12.5.